The zero-order valence-corrected chi connectivity index (χ0v) is 9.36. The van der Waals surface area contributed by atoms with E-state index in [-0.39, 0.29) is 12.4 Å². The van der Waals surface area contributed by atoms with Crippen LogP contribution in [0.25, 0.3) is 0 Å². The van der Waals surface area contributed by atoms with Crippen molar-refractivity contribution in [1.29, 1.82) is 0 Å². The standard InChI is InChI=1S/C12H14O4/c1-3-14-11(13)8-12(2)15-9-6-4-5-7-10(9)16-12/h4-7H,3,8H2,1-2H3. The molecule has 86 valence electrons. The van der Waals surface area contributed by atoms with Crippen molar-refractivity contribution in [2.45, 2.75) is 26.1 Å². The number of carbonyl (C=O) groups excluding carboxylic acids is 1. The summed E-state index contributed by atoms with van der Waals surface area (Å²) in [6.45, 7) is 3.86. The number of fused-ring (bicyclic) bond motifs is 1. The number of para-hydroxylation sites is 2. The van der Waals surface area contributed by atoms with Crippen LogP contribution in [0.2, 0.25) is 0 Å². The summed E-state index contributed by atoms with van der Waals surface area (Å²) in [5.41, 5.74) is 0. The van der Waals surface area contributed by atoms with E-state index in [4.69, 9.17) is 14.2 Å². The van der Waals surface area contributed by atoms with Gasteiger partial charge in [0.2, 0.25) is 0 Å². The molecular weight excluding hydrogens is 208 g/mol. The van der Waals surface area contributed by atoms with Crippen molar-refractivity contribution in [1.82, 2.24) is 0 Å². The average Bonchev–Trinajstić information content (AvgIpc) is 2.53. The first kappa shape index (κ1) is 10.8. The second-order valence-electron chi connectivity index (χ2n) is 3.77. The van der Waals surface area contributed by atoms with Crippen molar-refractivity contribution in [2.24, 2.45) is 0 Å². The van der Waals surface area contributed by atoms with E-state index in [2.05, 4.69) is 0 Å². The van der Waals surface area contributed by atoms with Crippen molar-refractivity contribution in [3.8, 4) is 11.5 Å². The van der Waals surface area contributed by atoms with Crippen molar-refractivity contribution >= 4 is 5.97 Å². The Kier molecular flexibility index (Phi) is 2.73. The van der Waals surface area contributed by atoms with E-state index in [1.807, 2.05) is 24.3 Å². The van der Waals surface area contributed by atoms with Crippen LogP contribution in [0.5, 0.6) is 11.5 Å². The minimum atomic E-state index is -0.948. The molecule has 4 heteroatoms. The number of benzene rings is 1. The molecule has 0 bridgehead atoms. The molecule has 1 aromatic carbocycles. The molecule has 0 amide bonds. The lowest BCUT2D eigenvalue weighted by atomic mass is 10.2. The summed E-state index contributed by atoms with van der Waals surface area (Å²) in [6, 6.07) is 7.34. The number of esters is 1. The second kappa shape index (κ2) is 4.04. The van der Waals surface area contributed by atoms with E-state index in [9.17, 15) is 4.79 Å². The van der Waals surface area contributed by atoms with E-state index in [1.165, 1.54) is 0 Å². The highest BCUT2D eigenvalue weighted by Gasteiger charge is 2.39. The second-order valence-corrected chi connectivity index (χ2v) is 3.77. The van der Waals surface area contributed by atoms with Gasteiger partial charge in [0.1, 0.15) is 6.42 Å². The molecule has 0 unspecified atom stereocenters. The fourth-order valence-corrected chi connectivity index (χ4v) is 1.65. The van der Waals surface area contributed by atoms with Crippen LogP contribution in [0.3, 0.4) is 0 Å². The van der Waals surface area contributed by atoms with Crippen molar-refractivity contribution in [3.63, 3.8) is 0 Å². The first-order valence-corrected chi connectivity index (χ1v) is 5.25. The Bertz CT molecular complexity index is 375. The van der Waals surface area contributed by atoms with Gasteiger partial charge in [-0.2, -0.15) is 0 Å². The molecule has 0 aromatic heterocycles. The minimum absolute atomic E-state index is 0.0789. The lowest BCUT2D eigenvalue weighted by molar-refractivity contribution is -0.155. The van der Waals surface area contributed by atoms with Gasteiger partial charge in [-0.05, 0) is 19.1 Å². The van der Waals surface area contributed by atoms with Gasteiger partial charge in [0, 0.05) is 6.92 Å². The van der Waals surface area contributed by atoms with E-state index >= 15 is 0 Å². The maximum Gasteiger partial charge on any atom is 0.313 e. The van der Waals surface area contributed by atoms with Gasteiger partial charge < -0.3 is 14.2 Å². The van der Waals surface area contributed by atoms with Crippen molar-refractivity contribution in [3.05, 3.63) is 24.3 Å². The first-order valence-electron chi connectivity index (χ1n) is 5.25. The van der Waals surface area contributed by atoms with Gasteiger partial charge in [-0.1, -0.05) is 12.1 Å². The number of hydrogen-bond acceptors (Lipinski definition) is 4. The largest absolute Gasteiger partial charge is 0.466 e. The molecule has 1 aliphatic heterocycles. The predicted molar refractivity (Wildman–Crippen MR) is 57.4 cm³/mol. The molecule has 0 N–H and O–H groups in total. The molecule has 1 heterocycles. The third-order valence-corrected chi connectivity index (χ3v) is 2.27. The average molecular weight is 222 g/mol. The quantitative estimate of drug-likeness (QED) is 0.735. The van der Waals surface area contributed by atoms with Crippen LogP contribution in [-0.2, 0) is 9.53 Å². The van der Waals surface area contributed by atoms with E-state index < -0.39 is 5.79 Å². The van der Waals surface area contributed by atoms with Crippen molar-refractivity contribution in [2.75, 3.05) is 6.61 Å². The lowest BCUT2D eigenvalue weighted by Crippen LogP contribution is -2.37. The van der Waals surface area contributed by atoms with E-state index in [0.717, 1.165) is 0 Å². The zero-order valence-electron chi connectivity index (χ0n) is 9.36. The Morgan fingerprint density at radius 1 is 1.31 bits per heavy atom. The summed E-state index contributed by atoms with van der Waals surface area (Å²) in [5, 5.41) is 0. The number of ether oxygens (including phenoxy) is 3. The molecule has 2 rings (SSSR count). The number of carbonyl (C=O) groups is 1. The summed E-state index contributed by atoms with van der Waals surface area (Å²) in [4.78, 5) is 11.4. The molecule has 16 heavy (non-hydrogen) atoms. The lowest BCUT2D eigenvalue weighted by Gasteiger charge is -2.21. The molecule has 0 saturated heterocycles. The van der Waals surface area contributed by atoms with E-state index in [0.29, 0.717) is 18.1 Å². The van der Waals surface area contributed by atoms with Crippen LogP contribution < -0.4 is 9.47 Å². The Balaban J connectivity index is 2.06. The Labute approximate surface area is 94.1 Å². The third kappa shape index (κ3) is 2.10. The maximum absolute atomic E-state index is 11.4. The number of rotatable bonds is 3. The first-order chi connectivity index (χ1) is 7.63. The van der Waals surface area contributed by atoms with Crippen LogP contribution in [-0.4, -0.2) is 18.4 Å². The molecule has 0 fully saturated rings. The van der Waals surface area contributed by atoms with Crippen LogP contribution in [0.1, 0.15) is 20.3 Å². The van der Waals surface area contributed by atoms with Crippen LogP contribution in [0.4, 0.5) is 0 Å². The molecule has 4 nitrogen and oxygen atoms in total. The van der Waals surface area contributed by atoms with Gasteiger partial charge in [-0.3, -0.25) is 4.79 Å². The Morgan fingerprint density at radius 2 is 1.88 bits per heavy atom. The summed E-state index contributed by atoms with van der Waals surface area (Å²) < 4.78 is 16.0. The van der Waals surface area contributed by atoms with Crippen LogP contribution in [0, 0.1) is 0 Å². The van der Waals surface area contributed by atoms with Gasteiger partial charge in [0.05, 0.1) is 6.61 Å². The SMILES string of the molecule is CCOC(=O)CC1(C)Oc2ccccc2O1. The highest BCUT2D eigenvalue weighted by molar-refractivity contribution is 5.70. The maximum atomic E-state index is 11.4. The van der Waals surface area contributed by atoms with Crippen LogP contribution in [0.15, 0.2) is 24.3 Å². The summed E-state index contributed by atoms with van der Waals surface area (Å²) in [6.07, 6.45) is 0.0789. The molecular formula is C12H14O4. The van der Waals surface area contributed by atoms with Gasteiger partial charge in [-0.25, -0.2) is 0 Å². The van der Waals surface area contributed by atoms with Gasteiger partial charge in [0.15, 0.2) is 11.5 Å². The molecule has 0 aliphatic carbocycles. The molecule has 0 radical (unpaired) electrons. The van der Waals surface area contributed by atoms with Gasteiger partial charge >= 0.3 is 5.97 Å². The van der Waals surface area contributed by atoms with Gasteiger partial charge in [0.25, 0.3) is 5.79 Å². The highest BCUT2D eigenvalue weighted by atomic mass is 16.7. The highest BCUT2D eigenvalue weighted by Crippen LogP contribution is 2.40. The van der Waals surface area contributed by atoms with Crippen LogP contribution >= 0.6 is 0 Å². The fourth-order valence-electron chi connectivity index (χ4n) is 1.65. The van der Waals surface area contributed by atoms with Crippen molar-refractivity contribution < 1.29 is 19.0 Å². The molecule has 0 atom stereocenters. The Morgan fingerprint density at radius 3 is 2.38 bits per heavy atom. The monoisotopic (exact) mass is 222 g/mol. The normalized spacial score (nSPS) is 15.9. The van der Waals surface area contributed by atoms with Gasteiger partial charge in [-0.15, -0.1) is 0 Å². The Hall–Kier alpha value is -1.71. The molecule has 0 spiro atoms. The predicted octanol–water partition coefficient (Wildman–Crippen LogP) is 2.13. The smallest absolute Gasteiger partial charge is 0.313 e. The topological polar surface area (TPSA) is 44.8 Å². The van der Waals surface area contributed by atoms with E-state index in [1.54, 1.807) is 13.8 Å². The zero-order chi connectivity index (χ0) is 11.6. The summed E-state index contributed by atoms with van der Waals surface area (Å²) >= 11 is 0. The summed E-state index contributed by atoms with van der Waals surface area (Å²) in [7, 11) is 0. The molecule has 1 aliphatic rings. The molecule has 0 saturated carbocycles. The molecule has 1 aromatic rings. The summed E-state index contributed by atoms with van der Waals surface area (Å²) in [5.74, 6) is 0.0528. The minimum Gasteiger partial charge on any atom is -0.466 e. The third-order valence-electron chi connectivity index (χ3n) is 2.27. The fraction of sp³-hybridized carbons (Fsp3) is 0.417. The number of hydrogen-bond donors (Lipinski definition) is 0.